The lowest BCUT2D eigenvalue weighted by molar-refractivity contribution is 0.602. The van der Waals surface area contributed by atoms with Crippen LogP contribution in [0.25, 0.3) is 0 Å². The molecule has 0 aliphatic carbocycles. The third kappa shape index (κ3) is 6.10. The van der Waals surface area contributed by atoms with Gasteiger partial charge in [-0.05, 0) is 38.0 Å². The van der Waals surface area contributed by atoms with Gasteiger partial charge in [-0.25, -0.2) is 13.4 Å². The van der Waals surface area contributed by atoms with Crippen molar-refractivity contribution in [3.63, 3.8) is 0 Å². The third-order valence-electron chi connectivity index (χ3n) is 3.99. The van der Waals surface area contributed by atoms with Crippen molar-refractivity contribution in [2.45, 2.75) is 31.6 Å². The van der Waals surface area contributed by atoms with Gasteiger partial charge >= 0.3 is 0 Å². The predicted molar refractivity (Wildman–Crippen MR) is 108 cm³/mol. The highest BCUT2D eigenvalue weighted by atomic mass is 32.2. The van der Waals surface area contributed by atoms with Crippen LogP contribution in [0.4, 0.5) is 0 Å². The topological polar surface area (TPSA) is 83.5 Å². The van der Waals surface area contributed by atoms with Gasteiger partial charge in [-0.3, -0.25) is 4.99 Å². The molecule has 1 aromatic heterocycles. The summed E-state index contributed by atoms with van der Waals surface area (Å²) in [5.41, 5.74) is 2.18. The molecule has 0 saturated carbocycles. The van der Waals surface area contributed by atoms with E-state index in [0.717, 1.165) is 41.6 Å². The van der Waals surface area contributed by atoms with Crippen LogP contribution in [0.2, 0.25) is 0 Å². The maximum Gasteiger partial charge on any atom is 0.191 e. The normalized spacial score (nSPS) is 12.2. The van der Waals surface area contributed by atoms with Crippen molar-refractivity contribution < 1.29 is 8.42 Å². The first-order valence-electron chi connectivity index (χ1n) is 8.46. The summed E-state index contributed by atoms with van der Waals surface area (Å²) >= 11 is 1.74. The molecule has 0 aliphatic rings. The number of hydrogen-bond acceptors (Lipinski definition) is 5. The molecule has 0 saturated heterocycles. The van der Waals surface area contributed by atoms with E-state index in [1.807, 2.05) is 19.1 Å². The molecule has 1 heterocycles. The summed E-state index contributed by atoms with van der Waals surface area (Å²) in [4.78, 5) is 10.4. The number of aliphatic imine (C=N–C) groups is 1. The number of thiazole rings is 1. The first-order chi connectivity index (χ1) is 12.3. The SMILES string of the molecule is CN=C(NCCc1ccc(S(C)(=O)=O)cc1)NCCc1nc(C)c(C)s1. The molecule has 0 spiro atoms. The Balaban J connectivity index is 1.74. The van der Waals surface area contributed by atoms with E-state index in [4.69, 9.17) is 0 Å². The van der Waals surface area contributed by atoms with Crippen LogP contribution in [0.3, 0.4) is 0 Å². The molecule has 0 bridgehead atoms. The van der Waals surface area contributed by atoms with Crippen LogP contribution in [-0.4, -0.2) is 45.8 Å². The van der Waals surface area contributed by atoms with Crippen molar-refractivity contribution >= 4 is 27.1 Å². The van der Waals surface area contributed by atoms with Crippen molar-refractivity contribution in [2.75, 3.05) is 26.4 Å². The number of sulfone groups is 1. The maximum absolute atomic E-state index is 11.5. The molecule has 0 fully saturated rings. The second-order valence-electron chi connectivity index (χ2n) is 6.09. The van der Waals surface area contributed by atoms with Crippen LogP contribution >= 0.6 is 11.3 Å². The number of aryl methyl sites for hydroxylation is 2. The third-order valence-corrected chi connectivity index (χ3v) is 6.25. The summed E-state index contributed by atoms with van der Waals surface area (Å²) < 4.78 is 22.9. The summed E-state index contributed by atoms with van der Waals surface area (Å²) in [6, 6.07) is 6.99. The fourth-order valence-corrected chi connectivity index (χ4v) is 3.95. The van der Waals surface area contributed by atoms with Gasteiger partial charge in [0.1, 0.15) is 0 Å². The van der Waals surface area contributed by atoms with Gasteiger partial charge in [0.2, 0.25) is 0 Å². The Morgan fingerprint density at radius 2 is 1.73 bits per heavy atom. The van der Waals surface area contributed by atoms with E-state index < -0.39 is 9.84 Å². The van der Waals surface area contributed by atoms with E-state index in [1.54, 1.807) is 30.5 Å². The molecule has 0 atom stereocenters. The molecule has 6 nitrogen and oxygen atoms in total. The van der Waals surface area contributed by atoms with E-state index in [9.17, 15) is 8.42 Å². The Labute approximate surface area is 159 Å². The lowest BCUT2D eigenvalue weighted by Crippen LogP contribution is -2.39. The van der Waals surface area contributed by atoms with Gasteiger partial charge in [0.05, 0.1) is 15.6 Å². The minimum atomic E-state index is -3.14. The van der Waals surface area contributed by atoms with Crippen LogP contribution in [0, 0.1) is 13.8 Å². The van der Waals surface area contributed by atoms with Crippen LogP contribution < -0.4 is 10.6 Å². The summed E-state index contributed by atoms with van der Waals surface area (Å²) in [6.07, 6.45) is 2.87. The van der Waals surface area contributed by atoms with E-state index in [0.29, 0.717) is 11.4 Å². The number of hydrogen-bond donors (Lipinski definition) is 2. The minimum absolute atomic E-state index is 0.347. The zero-order chi connectivity index (χ0) is 19.2. The Kier molecular flexibility index (Phi) is 7.16. The Morgan fingerprint density at radius 3 is 2.23 bits per heavy atom. The minimum Gasteiger partial charge on any atom is -0.356 e. The summed E-state index contributed by atoms with van der Waals surface area (Å²) in [5.74, 6) is 0.753. The standard InChI is InChI=1S/C18H26N4O2S2/c1-13-14(2)25-17(22-13)10-12-21-18(19-3)20-11-9-15-5-7-16(8-6-15)26(4,23)24/h5-8H,9-12H2,1-4H3,(H2,19,20,21). The first-order valence-corrected chi connectivity index (χ1v) is 11.2. The predicted octanol–water partition coefficient (Wildman–Crippen LogP) is 2.11. The quantitative estimate of drug-likeness (QED) is 0.555. The number of guanidine groups is 1. The average Bonchev–Trinajstić information content (AvgIpc) is 2.91. The van der Waals surface area contributed by atoms with E-state index in [2.05, 4.69) is 27.5 Å². The molecule has 0 unspecified atom stereocenters. The second kappa shape index (κ2) is 9.14. The van der Waals surface area contributed by atoms with Gasteiger partial charge in [0.25, 0.3) is 0 Å². The van der Waals surface area contributed by atoms with Crippen LogP contribution in [0.15, 0.2) is 34.2 Å². The zero-order valence-corrected chi connectivity index (χ0v) is 17.3. The molecule has 142 valence electrons. The fourth-order valence-electron chi connectivity index (χ4n) is 2.38. The molecule has 26 heavy (non-hydrogen) atoms. The van der Waals surface area contributed by atoms with Gasteiger partial charge < -0.3 is 10.6 Å². The van der Waals surface area contributed by atoms with Gasteiger partial charge in [-0.15, -0.1) is 11.3 Å². The summed E-state index contributed by atoms with van der Waals surface area (Å²) in [5, 5.41) is 7.69. The number of rotatable bonds is 7. The Bertz CT molecular complexity index is 836. The Hall–Kier alpha value is -1.93. The summed E-state index contributed by atoms with van der Waals surface area (Å²) in [7, 11) is -1.40. The first kappa shape index (κ1) is 20.4. The highest BCUT2D eigenvalue weighted by Gasteiger charge is 2.06. The molecular weight excluding hydrogens is 368 g/mol. The van der Waals surface area contributed by atoms with Crippen LogP contribution in [-0.2, 0) is 22.7 Å². The number of nitrogens with zero attached hydrogens (tertiary/aromatic N) is 2. The van der Waals surface area contributed by atoms with Crippen molar-refractivity contribution in [1.82, 2.24) is 15.6 Å². The number of aromatic nitrogens is 1. The van der Waals surface area contributed by atoms with E-state index in [-0.39, 0.29) is 0 Å². The van der Waals surface area contributed by atoms with Crippen molar-refractivity contribution in [3.05, 3.63) is 45.4 Å². The molecule has 2 rings (SSSR count). The van der Waals surface area contributed by atoms with Gasteiger partial charge in [-0.1, -0.05) is 12.1 Å². The maximum atomic E-state index is 11.5. The molecule has 2 N–H and O–H groups in total. The summed E-state index contributed by atoms with van der Waals surface area (Å²) in [6.45, 7) is 5.61. The molecule has 1 aromatic carbocycles. The van der Waals surface area contributed by atoms with Gasteiger partial charge in [0, 0.05) is 37.7 Å². The zero-order valence-electron chi connectivity index (χ0n) is 15.7. The van der Waals surface area contributed by atoms with Crippen molar-refractivity contribution in [1.29, 1.82) is 0 Å². The molecular formula is C18H26N4O2S2. The number of nitrogens with one attached hydrogen (secondary N) is 2. The van der Waals surface area contributed by atoms with Gasteiger partial charge in [-0.2, -0.15) is 0 Å². The lowest BCUT2D eigenvalue weighted by atomic mass is 10.1. The molecule has 0 radical (unpaired) electrons. The Morgan fingerprint density at radius 1 is 1.12 bits per heavy atom. The van der Waals surface area contributed by atoms with Crippen molar-refractivity contribution in [2.24, 2.45) is 4.99 Å². The highest BCUT2D eigenvalue weighted by molar-refractivity contribution is 7.90. The van der Waals surface area contributed by atoms with E-state index >= 15 is 0 Å². The molecule has 0 amide bonds. The highest BCUT2D eigenvalue weighted by Crippen LogP contribution is 2.16. The average molecular weight is 395 g/mol. The molecule has 8 heteroatoms. The fraction of sp³-hybridized carbons (Fsp3) is 0.444. The van der Waals surface area contributed by atoms with E-state index in [1.165, 1.54) is 11.1 Å². The smallest absolute Gasteiger partial charge is 0.191 e. The molecule has 2 aromatic rings. The lowest BCUT2D eigenvalue weighted by Gasteiger charge is -2.11. The van der Waals surface area contributed by atoms with Gasteiger partial charge in [0.15, 0.2) is 15.8 Å². The van der Waals surface area contributed by atoms with Crippen LogP contribution in [0.5, 0.6) is 0 Å². The largest absolute Gasteiger partial charge is 0.356 e. The monoisotopic (exact) mass is 394 g/mol. The van der Waals surface area contributed by atoms with Crippen molar-refractivity contribution in [3.8, 4) is 0 Å². The second-order valence-corrected chi connectivity index (χ2v) is 9.39. The molecule has 0 aliphatic heterocycles. The number of benzene rings is 1. The van der Waals surface area contributed by atoms with Crippen LogP contribution in [0.1, 0.15) is 21.1 Å².